The zero-order valence-electron chi connectivity index (χ0n) is 9.89. The van der Waals surface area contributed by atoms with Crippen LogP contribution in [0.2, 0.25) is 0 Å². The minimum Gasteiger partial charge on any atom is -0.466 e. The fraction of sp³-hybridized carbons (Fsp3) is 0.909. The van der Waals surface area contributed by atoms with Gasteiger partial charge in [0.15, 0.2) is 0 Å². The van der Waals surface area contributed by atoms with Crippen molar-refractivity contribution in [3.8, 4) is 0 Å². The van der Waals surface area contributed by atoms with Crippen molar-refractivity contribution in [1.29, 1.82) is 0 Å². The number of esters is 1. The average molecular weight is 230 g/mol. The highest BCUT2D eigenvalue weighted by molar-refractivity contribution is 5.70. The number of ether oxygens (including phenoxy) is 2. The highest BCUT2D eigenvalue weighted by atomic mass is 17.2. The molecule has 92 valence electrons. The maximum absolute atomic E-state index is 11.3. The Labute approximate surface area is 94.9 Å². The molecule has 5 heteroatoms. The molecule has 2 rings (SSSR count). The third-order valence-electron chi connectivity index (χ3n) is 3.29. The Morgan fingerprint density at radius 3 is 3.00 bits per heavy atom. The van der Waals surface area contributed by atoms with Crippen LogP contribution in [0.1, 0.15) is 33.6 Å². The number of hydrogen-bond acceptors (Lipinski definition) is 5. The highest BCUT2D eigenvalue weighted by Gasteiger charge is 2.52. The van der Waals surface area contributed by atoms with Crippen molar-refractivity contribution >= 4 is 5.97 Å². The van der Waals surface area contributed by atoms with Gasteiger partial charge in [-0.1, -0.05) is 6.92 Å². The minimum absolute atomic E-state index is 0.0712. The van der Waals surface area contributed by atoms with Gasteiger partial charge in [0, 0.05) is 5.92 Å². The number of hydrogen-bond donors (Lipinski definition) is 0. The van der Waals surface area contributed by atoms with Crippen molar-refractivity contribution in [2.75, 3.05) is 6.61 Å². The van der Waals surface area contributed by atoms with E-state index in [9.17, 15) is 4.79 Å². The van der Waals surface area contributed by atoms with Gasteiger partial charge in [0.25, 0.3) is 0 Å². The highest BCUT2D eigenvalue weighted by Crippen LogP contribution is 2.43. The van der Waals surface area contributed by atoms with Gasteiger partial charge < -0.3 is 9.47 Å². The van der Waals surface area contributed by atoms with Gasteiger partial charge in [0.2, 0.25) is 5.79 Å². The first-order chi connectivity index (χ1) is 7.55. The summed E-state index contributed by atoms with van der Waals surface area (Å²) < 4.78 is 10.6. The SMILES string of the molecule is CCOC(=O)C[C@@H]1OO[C@@]2(C)O[C@@H]1C[C@H]2C. The minimum atomic E-state index is -0.657. The van der Waals surface area contributed by atoms with Crippen molar-refractivity contribution in [2.24, 2.45) is 5.92 Å². The molecule has 2 bridgehead atoms. The number of carbonyl (C=O) groups excluding carboxylic acids is 1. The van der Waals surface area contributed by atoms with E-state index >= 15 is 0 Å². The summed E-state index contributed by atoms with van der Waals surface area (Å²) >= 11 is 0. The monoisotopic (exact) mass is 230 g/mol. The lowest BCUT2D eigenvalue weighted by Gasteiger charge is -2.34. The molecule has 0 aromatic heterocycles. The molecule has 0 spiro atoms. The van der Waals surface area contributed by atoms with Gasteiger partial charge in [-0.15, -0.1) is 0 Å². The molecule has 0 aromatic rings. The third kappa shape index (κ3) is 2.07. The van der Waals surface area contributed by atoms with E-state index in [1.807, 2.05) is 6.92 Å². The van der Waals surface area contributed by atoms with Gasteiger partial charge in [-0.25, -0.2) is 9.78 Å². The first-order valence-corrected chi connectivity index (χ1v) is 5.73. The smallest absolute Gasteiger partial charge is 0.308 e. The molecule has 2 saturated heterocycles. The van der Waals surface area contributed by atoms with E-state index in [0.717, 1.165) is 6.42 Å². The molecular formula is C11H18O5. The summed E-state index contributed by atoms with van der Waals surface area (Å²) in [5.74, 6) is -0.664. The molecule has 4 atom stereocenters. The van der Waals surface area contributed by atoms with E-state index in [1.165, 1.54) is 0 Å². The molecule has 0 aromatic carbocycles. The molecule has 5 nitrogen and oxygen atoms in total. The van der Waals surface area contributed by atoms with E-state index in [0.29, 0.717) is 6.61 Å². The molecule has 0 aliphatic carbocycles. The fourth-order valence-corrected chi connectivity index (χ4v) is 2.13. The molecule has 2 heterocycles. The van der Waals surface area contributed by atoms with Crippen LogP contribution in [0.25, 0.3) is 0 Å². The zero-order valence-corrected chi connectivity index (χ0v) is 9.89. The normalized spacial score (nSPS) is 42.1. The Morgan fingerprint density at radius 2 is 2.31 bits per heavy atom. The molecule has 2 aliphatic rings. The second-order valence-electron chi connectivity index (χ2n) is 4.54. The molecular weight excluding hydrogens is 212 g/mol. The van der Waals surface area contributed by atoms with Crippen LogP contribution in [0, 0.1) is 5.92 Å². The standard InChI is InChI=1S/C11H18O5/c1-4-13-10(12)6-9-8-5-7(2)11(3,14-8)16-15-9/h7-9H,4-6H2,1-3H3/t7-,8-,9+,11-/m1/s1. The molecule has 0 unspecified atom stereocenters. The van der Waals surface area contributed by atoms with Crippen molar-refractivity contribution in [1.82, 2.24) is 0 Å². The van der Waals surface area contributed by atoms with Gasteiger partial charge in [-0.2, -0.15) is 0 Å². The molecule has 0 radical (unpaired) electrons. The molecule has 0 N–H and O–H groups in total. The Balaban J connectivity index is 1.93. The summed E-state index contributed by atoms with van der Waals surface area (Å²) in [5.41, 5.74) is 0. The molecule has 16 heavy (non-hydrogen) atoms. The van der Waals surface area contributed by atoms with E-state index in [-0.39, 0.29) is 30.5 Å². The molecule has 0 amide bonds. The molecule has 0 saturated carbocycles. The lowest BCUT2D eigenvalue weighted by atomic mass is 9.98. The Hall–Kier alpha value is -0.650. The van der Waals surface area contributed by atoms with Crippen molar-refractivity contribution < 1.29 is 24.0 Å². The largest absolute Gasteiger partial charge is 0.466 e. The maximum Gasteiger partial charge on any atom is 0.308 e. The topological polar surface area (TPSA) is 54.0 Å². The fourth-order valence-electron chi connectivity index (χ4n) is 2.13. The van der Waals surface area contributed by atoms with Crippen LogP contribution < -0.4 is 0 Å². The van der Waals surface area contributed by atoms with Gasteiger partial charge in [0.1, 0.15) is 6.10 Å². The lowest BCUT2D eigenvalue weighted by molar-refractivity contribution is -0.484. The number of carbonyl (C=O) groups is 1. The van der Waals surface area contributed by atoms with Crippen LogP contribution in [-0.4, -0.2) is 30.6 Å². The van der Waals surface area contributed by atoms with Crippen LogP contribution in [0.5, 0.6) is 0 Å². The van der Waals surface area contributed by atoms with Gasteiger partial charge in [-0.05, 0) is 20.3 Å². The van der Waals surface area contributed by atoms with Crippen LogP contribution in [0.4, 0.5) is 0 Å². The van der Waals surface area contributed by atoms with Gasteiger partial charge in [0.05, 0.1) is 19.1 Å². The Bertz CT molecular complexity index is 280. The quantitative estimate of drug-likeness (QED) is 0.542. The lowest BCUT2D eigenvalue weighted by Crippen LogP contribution is -2.44. The average Bonchev–Trinajstić information content (AvgIpc) is 2.45. The first kappa shape index (κ1) is 11.8. The van der Waals surface area contributed by atoms with Crippen LogP contribution >= 0.6 is 0 Å². The summed E-state index contributed by atoms with van der Waals surface area (Å²) in [6.07, 6.45) is 0.609. The van der Waals surface area contributed by atoms with E-state index < -0.39 is 5.79 Å². The van der Waals surface area contributed by atoms with Crippen LogP contribution in [0.15, 0.2) is 0 Å². The van der Waals surface area contributed by atoms with Gasteiger partial charge in [-0.3, -0.25) is 4.79 Å². The Morgan fingerprint density at radius 1 is 1.56 bits per heavy atom. The second-order valence-corrected chi connectivity index (χ2v) is 4.54. The van der Waals surface area contributed by atoms with E-state index in [1.54, 1.807) is 6.92 Å². The Kier molecular flexibility index (Phi) is 3.19. The first-order valence-electron chi connectivity index (χ1n) is 5.73. The third-order valence-corrected chi connectivity index (χ3v) is 3.29. The van der Waals surface area contributed by atoms with Crippen molar-refractivity contribution in [3.05, 3.63) is 0 Å². The van der Waals surface area contributed by atoms with Crippen molar-refractivity contribution in [2.45, 2.75) is 51.6 Å². The predicted molar refractivity (Wildman–Crippen MR) is 54.3 cm³/mol. The summed E-state index contributed by atoms with van der Waals surface area (Å²) in [4.78, 5) is 21.8. The number of rotatable bonds is 3. The number of fused-ring (bicyclic) bond motifs is 2. The molecule has 2 aliphatic heterocycles. The maximum atomic E-state index is 11.3. The summed E-state index contributed by atoms with van der Waals surface area (Å²) in [7, 11) is 0. The molecule has 2 fully saturated rings. The van der Waals surface area contributed by atoms with Crippen LogP contribution in [0.3, 0.4) is 0 Å². The second kappa shape index (κ2) is 4.31. The van der Waals surface area contributed by atoms with Crippen molar-refractivity contribution in [3.63, 3.8) is 0 Å². The summed E-state index contributed by atoms with van der Waals surface area (Å²) in [5, 5.41) is 0. The summed E-state index contributed by atoms with van der Waals surface area (Å²) in [6.45, 7) is 6.07. The van der Waals surface area contributed by atoms with Crippen LogP contribution in [-0.2, 0) is 24.0 Å². The van der Waals surface area contributed by atoms with Gasteiger partial charge >= 0.3 is 5.97 Å². The summed E-state index contributed by atoms with van der Waals surface area (Å²) in [6, 6.07) is 0. The van der Waals surface area contributed by atoms with E-state index in [4.69, 9.17) is 19.2 Å². The van der Waals surface area contributed by atoms with E-state index in [2.05, 4.69) is 6.92 Å². The zero-order chi connectivity index (χ0) is 11.8. The predicted octanol–water partition coefficient (Wildman–Crippen LogP) is 1.41.